The van der Waals surface area contributed by atoms with Gasteiger partial charge in [0, 0.05) is 19.6 Å². The predicted molar refractivity (Wildman–Crippen MR) is 66.6 cm³/mol. The molecule has 1 aliphatic carbocycles. The van der Waals surface area contributed by atoms with Crippen LogP contribution in [0.2, 0.25) is 0 Å². The van der Waals surface area contributed by atoms with Gasteiger partial charge < -0.3 is 5.73 Å². The summed E-state index contributed by atoms with van der Waals surface area (Å²) in [6, 6.07) is -0.105. The summed E-state index contributed by atoms with van der Waals surface area (Å²) in [6.07, 6.45) is 5.73. The van der Waals surface area contributed by atoms with Gasteiger partial charge in [-0.25, -0.2) is 12.7 Å². The number of rotatable bonds is 5. The maximum atomic E-state index is 12.0. The summed E-state index contributed by atoms with van der Waals surface area (Å²) in [5.41, 5.74) is 5.62. The van der Waals surface area contributed by atoms with Gasteiger partial charge in [0.25, 0.3) is 0 Å². The zero-order valence-electron chi connectivity index (χ0n) is 10.4. The van der Waals surface area contributed by atoms with Gasteiger partial charge in [-0.15, -0.1) is 0 Å². The van der Waals surface area contributed by atoms with Gasteiger partial charge in [0.2, 0.25) is 10.0 Å². The number of hydrogen-bond acceptors (Lipinski definition) is 3. The lowest BCUT2D eigenvalue weighted by Gasteiger charge is -2.25. The molecule has 1 atom stereocenters. The van der Waals surface area contributed by atoms with Gasteiger partial charge in [0.15, 0.2) is 0 Å². The van der Waals surface area contributed by atoms with E-state index in [0.29, 0.717) is 18.2 Å². The Morgan fingerprint density at radius 3 is 2.38 bits per heavy atom. The van der Waals surface area contributed by atoms with E-state index in [1.807, 2.05) is 6.92 Å². The molecule has 5 heteroatoms. The van der Waals surface area contributed by atoms with Gasteiger partial charge in [0.1, 0.15) is 0 Å². The fourth-order valence-electron chi connectivity index (χ4n) is 2.30. The Morgan fingerprint density at radius 2 is 1.88 bits per heavy atom. The molecule has 0 heterocycles. The Morgan fingerprint density at radius 1 is 1.31 bits per heavy atom. The van der Waals surface area contributed by atoms with Crippen LogP contribution in [-0.2, 0) is 10.0 Å². The van der Waals surface area contributed by atoms with E-state index in [-0.39, 0.29) is 6.04 Å². The number of likely N-dealkylation sites (N-methyl/N-ethyl adjacent to an activating group) is 1. The summed E-state index contributed by atoms with van der Waals surface area (Å²) in [5.74, 6) is 0.658. The van der Waals surface area contributed by atoms with Gasteiger partial charge in [-0.3, -0.25) is 0 Å². The van der Waals surface area contributed by atoms with Crippen LogP contribution < -0.4 is 5.73 Å². The van der Waals surface area contributed by atoms with Crippen LogP contribution in [0.4, 0.5) is 0 Å². The van der Waals surface area contributed by atoms with Crippen molar-refractivity contribution in [2.45, 2.75) is 45.1 Å². The van der Waals surface area contributed by atoms with E-state index in [2.05, 4.69) is 0 Å². The first kappa shape index (κ1) is 13.9. The highest BCUT2D eigenvalue weighted by molar-refractivity contribution is 7.89. The summed E-state index contributed by atoms with van der Waals surface area (Å²) in [7, 11) is -1.48. The number of nitrogens with zero attached hydrogens (tertiary/aromatic N) is 1. The van der Waals surface area contributed by atoms with Gasteiger partial charge in [-0.1, -0.05) is 19.3 Å². The number of nitrogens with two attached hydrogens (primary N) is 1. The van der Waals surface area contributed by atoms with Gasteiger partial charge in [0.05, 0.1) is 5.75 Å². The van der Waals surface area contributed by atoms with Crippen molar-refractivity contribution in [1.29, 1.82) is 0 Å². The molecule has 1 unspecified atom stereocenters. The minimum absolute atomic E-state index is 0.105. The zero-order valence-corrected chi connectivity index (χ0v) is 11.2. The lowest BCUT2D eigenvalue weighted by molar-refractivity contribution is 0.373. The molecule has 1 rings (SSSR count). The summed E-state index contributed by atoms with van der Waals surface area (Å²) >= 11 is 0. The van der Waals surface area contributed by atoms with Crippen molar-refractivity contribution in [3.8, 4) is 0 Å². The molecule has 1 fully saturated rings. The van der Waals surface area contributed by atoms with Crippen LogP contribution in [0.1, 0.15) is 39.0 Å². The third-order valence-electron chi connectivity index (χ3n) is 3.19. The van der Waals surface area contributed by atoms with Crippen molar-refractivity contribution in [1.82, 2.24) is 4.31 Å². The van der Waals surface area contributed by atoms with E-state index in [0.717, 1.165) is 12.8 Å². The van der Waals surface area contributed by atoms with E-state index in [9.17, 15) is 8.42 Å². The van der Waals surface area contributed by atoms with E-state index in [4.69, 9.17) is 5.73 Å². The highest BCUT2D eigenvalue weighted by atomic mass is 32.2. The summed E-state index contributed by atoms with van der Waals surface area (Å²) < 4.78 is 25.4. The maximum Gasteiger partial charge on any atom is 0.214 e. The van der Waals surface area contributed by atoms with Gasteiger partial charge >= 0.3 is 0 Å². The SMILES string of the molecule is CC(N)CN(C)S(=O)(=O)CC1CCCCC1. The summed E-state index contributed by atoms with van der Waals surface area (Å²) in [6.45, 7) is 2.24. The number of sulfonamides is 1. The third-order valence-corrected chi connectivity index (χ3v) is 5.18. The molecule has 96 valence electrons. The average Bonchev–Trinajstić information content (AvgIpc) is 2.17. The molecule has 0 saturated heterocycles. The molecule has 0 aliphatic heterocycles. The summed E-state index contributed by atoms with van der Waals surface area (Å²) in [4.78, 5) is 0. The Labute approximate surface area is 99.2 Å². The smallest absolute Gasteiger partial charge is 0.214 e. The van der Waals surface area contributed by atoms with E-state index < -0.39 is 10.0 Å². The monoisotopic (exact) mass is 248 g/mol. The first-order chi connectivity index (χ1) is 7.42. The molecule has 1 aliphatic rings. The highest BCUT2D eigenvalue weighted by Gasteiger charge is 2.25. The zero-order chi connectivity index (χ0) is 12.2. The minimum atomic E-state index is -3.10. The van der Waals surface area contributed by atoms with Crippen molar-refractivity contribution in [3.05, 3.63) is 0 Å². The van der Waals surface area contributed by atoms with Crippen LogP contribution >= 0.6 is 0 Å². The lowest BCUT2D eigenvalue weighted by Crippen LogP contribution is -2.39. The van der Waals surface area contributed by atoms with E-state index in [1.165, 1.54) is 23.6 Å². The van der Waals surface area contributed by atoms with Crippen molar-refractivity contribution in [3.63, 3.8) is 0 Å². The second-order valence-electron chi connectivity index (χ2n) is 5.04. The predicted octanol–water partition coefficient (Wildman–Crippen LogP) is 1.18. The molecule has 4 nitrogen and oxygen atoms in total. The van der Waals surface area contributed by atoms with Crippen LogP contribution in [0, 0.1) is 5.92 Å². The molecule has 0 amide bonds. The molecule has 0 bridgehead atoms. The van der Waals surface area contributed by atoms with Crippen molar-refractivity contribution < 1.29 is 8.42 Å². The maximum absolute atomic E-state index is 12.0. The quantitative estimate of drug-likeness (QED) is 0.794. The molecule has 2 N–H and O–H groups in total. The topological polar surface area (TPSA) is 63.4 Å². The Kier molecular flexibility index (Phi) is 5.21. The van der Waals surface area contributed by atoms with Gasteiger partial charge in [-0.2, -0.15) is 0 Å². The Hall–Kier alpha value is -0.130. The fraction of sp³-hybridized carbons (Fsp3) is 1.00. The van der Waals surface area contributed by atoms with Crippen molar-refractivity contribution in [2.24, 2.45) is 11.7 Å². The molecule has 16 heavy (non-hydrogen) atoms. The van der Waals surface area contributed by atoms with Crippen molar-refractivity contribution in [2.75, 3.05) is 19.3 Å². The van der Waals surface area contributed by atoms with Crippen LogP contribution in [0.3, 0.4) is 0 Å². The second-order valence-corrected chi connectivity index (χ2v) is 7.16. The Bertz CT molecular complexity index is 295. The number of hydrogen-bond donors (Lipinski definition) is 1. The molecule has 0 aromatic heterocycles. The molecule has 1 saturated carbocycles. The highest BCUT2D eigenvalue weighted by Crippen LogP contribution is 2.25. The molecule has 0 spiro atoms. The third kappa shape index (κ3) is 4.39. The lowest BCUT2D eigenvalue weighted by atomic mass is 9.91. The second kappa shape index (κ2) is 5.98. The van der Waals surface area contributed by atoms with Crippen LogP contribution in [0.5, 0.6) is 0 Å². The van der Waals surface area contributed by atoms with E-state index in [1.54, 1.807) is 7.05 Å². The first-order valence-corrected chi connectivity index (χ1v) is 7.72. The van der Waals surface area contributed by atoms with Crippen LogP contribution in [-0.4, -0.2) is 38.1 Å². The molecular weight excluding hydrogens is 224 g/mol. The molecular formula is C11H24N2O2S. The largest absolute Gasteiger partial charge is 0.327 e. The normalized spacial score (nSPS) is 21.2. The Balaban J connectivity index is 2.49. The van der Waals surface area contributed by atoms with E-state index >= 15 is 0 Å². The molecule has 0 aromatic carbocycles. The summed E-state index contributed by atoms with van der Waals surface area (Å²) in [5, 5.41) is 0. The molecule has 0 radical (unpaired) electrons. The fourth-order valence-corrected chi connectivity index (χ4v) is 3.94. The average molecular weight is 248 g/mol. The minimum Gasteiger partial charge on any atom is -0.327 e. The van der Waals surface area contributed by atoms with Crippen molar-refractivity contribution >= 4 is 10.0 Å². The molecule has 0 aromatic rings. The standard InChI is InChI=1S/C11H24N2O2S/c1-10(12)8-13(2)16(14,15)9-11-6-4-3-5-7-11/h10-11H,3-9,12H2,1-2H3. The van der Waals surface area contributed by atoms with Gasteiger partial charge in [-0.05, 0) is 25.7 Å². The van der Waals surface area contributed by atoms with Crippen LogP contribution in [0.15, 0.2) is 0 Å². The van der Waals surface area contributed by atoms with Crippen LogP contribution in [0.25, 0.3) is 0 Å². The first-order valence-electron chi connectivity index (χ1n) is 6.11.